The van der Waals surface area contributed by atoms with Crippen molar-refractivity contribution < 1.29 is 36.2 Å². The van der Waals surface area contributed by atoms with Crippen LogP contribution in [-0.2, 0) is 17.6 Å². The summed E-state index contributed by atoms with van der Waals surface area (Å²) >= 11 is 0. The van der Waals surface area contributed by atoms with Crippen LogP contribution in [0.15, 0.2) is 48.8 Å². The van der Waals surface area contributed by atoms with E-state index in [-0.39, 0.29) is 25.0 Å². The summed E-state index contributed by atoms with van der Waals surface area (Å²) in [6.07, 6.45) is 0.920. The number of nitriles is 1. The Morgan fingerprint density at radius 3 is 2.30 bits per heavy atom. The Kier molecular flexibility index (Phi) is 5.52. The van der Waals surface area contributed by atoms with Gasteiger partial charge in [0, 0.05) is 17.0 Å². The smallest absolute Gasteiger partial charge is 0.364 e. The molecule has 1 unspecified atom stereocenters. The number of aromatic nitrogens is 4. The molecule has 2 aromatic carbocycles. The highest BCUT2D eigenvalue weighted by molar-refractivity contribution is 5.44. The molecule has 0 saturated heterocycles. The van der Waals surface area contributed by atoms with Crippen LogP contribution < -0.4 is 4.74 Å². The van der Waals surface area contributed by atoms with Gasteiger partial charge in [0.05, 0.1) is 6.54 Å². The Bertz CT molecular complexity index is 1340. The van der Waals surface area contributed by atoms with E-state index in [9.17, 15) is 22.7 Å². The summed E-state index contributed by atoms with van der Waals surface area (Å²) in [6.45, 7) is -1.99. The molecule has 13 heteroatoms. The fraction of sp³-hybridized carbons (Fsp3) is 0.417. The Morgan fingerprint density at radius 2 is 1.73 bits per heavy atom. The van der Waals surface area contributed by atoms with E-state index in [1.165, 1.54) is 12.1 Å². The Labute approximate surface area is 206 Å². The van der Waals surface area contributed by atoms with E-state index in [1.807, 2.05) is 0 Å². The SMILES string of the molecule is N#CC(F)(F)COc1ccc(C23CC(C(F)(F)C(O)(Cn4cnnn4)c4ccc(F)cc4F)(C2)C3)cc1. The summed E-state index contributed by atoms with van der Waals surface area (Å²) in [5.74, 6) is -9.73. The fourth-order valence-electron chi connectivity index (χ4n) is 5.64. The Hall–Kier alpha value is -3.66. The molecule has 1 heterocycles. The lowest BCUT2D eigenvalue weighted by Crippen LogP contribution is -2.76. The molecule has 194 valence electrons. The standard InChI is InChI=1S/C24H19F6N5O2/c25-16-3-6-18(19(26)7-16)23(36,12-35-14-32-33-34-35)24(29,30)21-8-20(9-21,10-21)15-1-4-17(5-2-15)37-13-22(27,28)11-31/h1-7,14,36H,8-10,12-13H2. The van der Waals surface area contributed by atoms with Crippen molar-refractivity contribution in [3.05, 3.63) is 71.6 Å². The first kappa shape index (κ1) is 25.0. The Morgan fingerprint density at radius 1 is 1.05 bits per heavy atom. The maximum absolute atomic E-state index is 16.2. The predicted molar refractivity (Wildman–Crippen MR) is 113 cm³/mol. The average molecular weight is 523 g/mol. The van der Waals surface area contributed by atoms with Gasteiger partial charge in [0.25, 0.3) is 5.92 Å². The quantitative estimate of drug-likeness (QED) is 0.424. The van der Waals surface area contributed by atoms with Gasteiger partial charge < -0.3 is 9.84 Å². The number of rotatable bonds is 9. The van der Waals surface area contributed by atoms with Crippen molar-refractivity contribution in [2.75, 3.05) is 6.61 Å². The van der Waals surface area contributed by atoms with Gasteiger partial charge in [-0.1, -0.05) is 12.1 Å². The first-order chi connectivity index (χ1) is 17.4. The molecule has 3 saturated carbocycles. The van der Waals surface area contributed by atoms with E-state index < -0.39 is 58.6 Å². The van der Waals surface area contributed by atoms with Crippen LogP contribution in [0.4, 0.5) is 26.3 Å². The van der Waals surface area contributed by atoms with E-state index in [0.29, 0.717) is 11.6 Å². The summed E-state index contributed by atoms with van der Waals surface area (Å²) in [7, 11) is 0. The van der Waals surface area contributed by atoms with Crippen molar-refractivity contribution in [1.82, 2.24) is 20.2 Å². The first-order valence-corrected chi connectivity index (χ1v) is 11.1. The maximum atomic E-state index is 16.2. The number of halogens is 6. The van der Waals surface area contributed by atoms with Gasteiger partial charge in [0.1, 0.15) is 29.8 Å². The molecule has 6 rings (SSSR count). The normalized spacial score (nSPS) is 24.4. The van der Waals surface area contributed by atoms with Gasteiger partial charge in [-0.15, -0.1) is 5.10 Å². The zero-order chi connectivity index (χ0) is 26.7. The van der Waals surface area contributed by atoms with Crippen LogP contribution in [0.2, 0.25) is 0 Å². The zero-order valence-corrected chi connectivity index (χ0v) is 19.0. The third-order valence-corrected chi connectivity index (χ3v) is 7.43. The van der Waals surface area contributed by atoms with Crippen molar-refractivity contribution in [3.8, 4) is 11.8 Å². The monoisotopic (exact) mass is 523 g/mol. The molecule has 7 nitrogen and oxygen atoms in total. The molecule has 3 aliphatic carbocycles. The van der Waals surface area contributed by atoms with E-state index in [0.717, 1.165) is 29.2 Å². The topological polar surface area (TPSA) is 96.8 Å². The predicted octanol–water partition coefficient (Wildman–Crippen LogP) is 4.13. The van der Waals surface area contributed by atoms with Gasteiger partial charge in [0.15, 0.2) is 12.2 Å². The van der Waals surface area contributed by atoms with Gasteiger partial charge in [-0.3, -0.25) is 0 Å². The second kappa shape index (κ2) is 8.17. The molecule has 0 aliphatic heterocycles. The second-order valence-corrected chi connectivity index (χ2v) is 9.79. The maximum Gasteiger partial charge on any atom is 0.364 e. The first-order valence-electron chi connectivity index (χ1n) is 11.1. The van der Waals surface area contributed by atoms with Crippen LogP contribution in [0.25, 0.3) is 0 Å². The highest BCUT2D eigenvalue weighted by Gasteiger charge is 2.82. The van der Waals surface area contributed by atoms with E-state index in [2.05, 4.69) is 15.5 Å². The van der Waals surface area contributed by atoms with Crippen LogP contribution in [0, 0.1) is 28.4 Å². The number of ether oxygens (including phenoxy) is 1. The van der Waals surface area contributed by atoms with Gasteiger partial charge in [-0.25, -0.2) is 22.2 Å². The largest absolute Gasteiger partial charge is 0.486 e. The molecule has 0 spiro atoms. The molecule has 2 bridgehead atoms. The minimum absolute atomic E-state index is 0.0273. The minimum atomic E-state index is -3.86. The molecule has 3 fully saturated rings. The summed E-state index contributed by atoms with van der Waals surface area (Å²) in [5.41, 5.74) is -5.47. The Balaban J connectivity index is 1.38. The van der Waals surface area contributed by atoms with Crippen LogP contribution in [-0.4, -0.2) is 43.8 Å². The number of alkyl halides is 4. The highest BCUT2D eigenvalue weighted by atomic mass is 19.3. The second-order valence-electron chi connectivity index (χ2n) is 9.79. The van der Waals surface area contributed by atoms with Crippen molar-refractivity contribution >= 4 is 0 Å². The zero-order valence-electron chi connectivity index (χ0n) is 19.0. The molecule has 0 radical (unpaired) electrons. The molecule has 3 aromatic rings. The number of aliphatic hydroxyl groups is 1. The third kappa shape index (κ3) is 3.81. The number of tetrazole rings is 1. The van der Waals surface area contributed by atoms with Crippen LogP contribution in [0.3, 0.4) is 0 Å². The van der Waals surface area contributed by atoms with Gasteiger partial charge in [0.2, 0.25) is 0 Å². The number of hydrogen-bond donors (Lipinski definition) is 1. The van der Waals surface area contributed by atoms with Crippen molar-refractivity contribution in [3.63, 3.8) is 0 Å². The molecular formula is C24H19F6N5O2. The van der Waals surface area contributed by atoms with E-state index in [1.54, 1.807) is 12.1 Å². The van der Waals surface area contributed by atoms with Gasteiger partial charge >= 0.3 is 5.92 Å². The molecule has 1 atom stereocenters. The van der Waals surface area contributed by atoms with E-state index in [4.69, 9.17) is 10.00 Å². The number of nitrogens with zero attached hydrogens (tertiary/aromatic N) is 5. The summed E-state index contributed by atoms with van der Waals surface area (Å²) < 4.78 is 92.5. The lowest BCUT2D eigenvalue weighted by Gasteiger charge is -2.74. The summed E-state index contributed by atoms with van der Waals surface area (Å²) in [4.78, 5) is 0. The average Bonchev–Trinajstić information content (AvgIpc) is 3.29. The van der Waals surface area contributed by atoms with E-state index >= 15 is 8.78 Å². The minimum Gasteiger partial charge on any atom is -0.486 e. The summed E-state index contributed by atoms with van der Waals surface area (Å²) in [6, 6.07) is 8.82. The van der Waals surface area contributed by atoms with Crippen molar-refractivity contribution in [2.24, 2.45) is 5.41 Å². The third-order valence-electron chi connectivity index (χ3n) is 7.43. The molecule has 3 aliphatic rings. The van der Waals surface area contributed by atoms with Gasteiger partial charge in [-0.05, 0) is 64.9 Å². The number of hydrogen-bond acceptors (Lipinski definition) is 6. The van der Waals surface area contributed by atoms with Crippen LogP contribution in [0.5, 0.6) is 5.75 Å². The number of benzene rings is 2. The fourth-order valence-corrected chi connectivity index (χ4v) is 5.64. The molecule has 1 N–H and O–H groups in total. The molecule has 37 heavy (non-hydrogen) atoms. The molecule has 1 aromatic heterocycles. The van der Waals surface area contributed by atoms with Crippen molar-refractivity contribution in [2.45, 2.75) is 48.7 Å². The molecule has 0 amide bonds. The van der Waals surface area contributed by atoms with Crippen LogP contribution >= 0.6 is 0 Å². The lowest BCUT2D eigenvalue weighted by atomic mass is 9.30. The lowest BCUT2D eigenvalue weighted by molar-refractivity contribution is -0.347. The van der Waals surface area contributed by atoms with Gasteiger partial charge in [-0.2, -0.15) is 14.0 Å². The highest BCUT2D eigenvalue weighted by Crippen LogP contribution is 2.80. The van der Waals surface area contributed by atoms with Crippen molar-refractivity contribution in [1.29, 1.82) is 5.26 Å². The summed E-state index contributed by atoms with van der Waals surface area (Å²) in [5, 5.41) is 30.0. The van der Waals surface area contributed by atoms with Crippen LogP contribution in [0.1, 0.15) is 30.4 Å². The molecular weight excluding hydrogens is 504 g/mol.